The number of ether oxygens (including phenoxy) is 1. The highest BCUT2D eigenvalue weighted by molar-refractivity contribution is 7.99. The summed E-state index contributed by atoms with van der Waals surface area (Å²) in [6.45, 7) is 2.56. The molecule has 4 nitrogen and oxygen atoms in total. The van der Waals surface area contributed by atoms with E-state index in [1.807, 2.05) is 24.3 Å². The van der Waals surface area contributed by atoms with Crippen LogP contribution in [0.1, 0.15) is 46.9 Å². The van der Waals surface area contributed by atoms with Crippen molar-refractivity contribution in [3.63, 3.8) is 0 Å². The van der Waals surface area contributed by atoms with E-state index in [1.165, 1.54) is 17.8 Å². The number of unbranched alkanes of at least 4 members (excludes halogenated alkanes) is 2. The van der Waals surface area contributed by atoms with Crippen molar-refractivity contribution in [2.75, 3.05) is 6.61 Å². The van der Waals surface area contributed by atoms with Gasteiger partial charge in [-0.1, -0.05) is 37.6 Å². The third kappa shape index (κ3) is 4.17. The van der Waals surface area contributed by atoms with Crippen molar-refractivity contribution in [1.29, 1.82) is 0 Å². The molecule has 128 valence electrons. The Morgan fingerprint density at radius 3 is 2.72 bits per heavy atom. The second-order valence-corrected chi connectivity index (χ2v) is 6.83. The Kier molecular flexibility index (Phi) is 5.66. The monoisotopic (exact) mass is 353 g/mol. The normalized spacial score (nSPS) is 13.4. The van der Waals surface area contributed by atoms with Gasteiger partial charge in [0.25, 0.3) is 0 Å². The minimum Gasteiger partial charge on any atom is -0.489 e. The SMILES string of the molecule is CCCCCOC1=CC(=O)c2cc(Sc3ccccn3)ccc2C1=O. The van der Waals surface area contributed by atoms with Gasteiger partial charge in [-0.25, -0.2) is 4.98 Å². The zero-order valence-electron chi connectivity index (χ0n) is 14.0. The number of hydrogen-bond donors (Lipinski definition) is 0. The molecule has 0 unspecified atom stereocenters. The number of carbonyl (C=O) groups is 2. The molecular weight excluding hydrogens is 334 g/mol. The number of nitrogens with zero attached hydrogens (tertiary/aromatic N) is 1. The number of Topliss-reactive ketones (excluding diaryl/α,β-unsaturated/α-hetero) is 1. The first kappa shape index (κ1) is 17.4. The molecule has 1 aromatic carbocycles. The van der Waals surface area contributed by atoms with Gasteiger partial charge in [0.15, 0.2) is 11.5 Å². The molecule has 0 fully saturated rings. The molecule has 1 aliphatic carbocycles. The number of carbonyl (C=O) groups excluding carboxylic acids is 2. The highest BCUT2D eigenvalue weighted by Gasteiger charge is 2.27. The first-order valence-corrected chi connectivity index (χ1v) is 9.17. The summed E-state index contributed by atoms with van der Waals surface area (Å²) in [5.41, 5.74) is 0.829. The average molecular weight is 353 g/mol. The summed E-state index contributed by atoms with van der Waals surface area (Å²) >= 11 is 1.46. The predicted molar refractivity (Wildman–Crippen MR) is 97.0 cm³/mol. The molecule has 1 aliphatic rings. The molecule has 0 radical (unpaired) electrons. The molecule has 0 N–H and O–H groups in total. The number of benzene rings is 1. The Morgan fingerprint density at radius 2 is 1.96 bits per heavy atom. The van der Waals surface area contributed by atoms with Crippen LogP contribution >= 0.6 is 11.8 Å². The van der Waals surface area contributed by atoms with Gasteiger partial charge in [0.05, 0.1) is 6.61 Å². The van der Waals surface area contributed by atoms with E-state index in [4.69, 9.17) is 4.74 Å². The fourth-order valence-corrected chi connectivity index (χ4v) is 3.37. The van der Waals surface area contributed by atoms with Gasteiger partial charge in [-0.15, -0.1) is 0 Å². The van der Waals surface area contributed by atoms with Crippen molar-refractivity contribution in [3.05, 3.63) is 65.6 Å². The third-order valence-electron chi connectivity index (χ3n) is 3.85. The minimum atomic E-state index is -0.222. The van der Waals surface area contributed by atoms with E-state index in [2.05, 4.69) is 11.9 Å². The Labute approximate surface area is 151 Å². The molecule has 2 aromatic rings. The quantitative estimate of drug-likeness (QED) is 0.675. The van der Waals surface area contributed by atoms with Crippen LogP contribution in [-0.4, -0.2) is 23.2 Å². The van der Waals surface area contributed by atoms with Crippen LogP contribution < -0.4 is 0 Å². The fraction of sp³-hybridized carbons (Fsp3) is 0.250. The van der Waals surface area contributed by atoms with Crippen LogP contribution in [0.5, 0.6) is 0 Å². The highest BCUT2D eigenvalue weighted by atomic mass is 32.2. The number of pyridine rings is 1. The van der Waals surface area contributed by atoms with Crippen molar-refractivity contribution >= 4 is 23.3 Å². The molecule has 0 atom stereocenters. The lowest BCUT2D eigenvalue weighted by molar-refractivity contribution is 0.0879. The molecule has 0 bridgehead atoms. The number of rotatable bonds is 7. The second-order valence-electron chi connectivity index (χ2n) is 5.73. The molecule has 0 saturated heterocycles. The molecule has 0 spiro atoms. The van der Waals surface area contributed by atoms with Gasteiger partial charge in [-0.05, 0) is 36.8 Å². The molecule has 25 heavy (non-hydrogen) atoms. The summed E-state index contributed by atoms with van der Waals surface area (Å²) in [6, 6.07) is 10.9. The zero-order chi connectivity index (χ0) is 17.6. The van der Waals surface area contributed by atoms with E-state index in [1.54, 1.807) is 18.3 Å². The zero-order valence-corrected chi connectivity index (χ0v) is 14.8. The molecule has 5 heteroatoms. The molecular formula is C20H19NO3S. The van der Waals surface area contributed by atoms with E-state index in [0.717, 1.165) is 29.2 Å². The molecule has 0 saturated carbocycles. The van der Waals surface area contributed by atoms with Crippen LogP contribution in [0.4, 0.5) is 0 Å². The van der Waals surface area contributed by atoms with Gasteiger partial charge in [0.1, 0.15) is 5.03 Å². The summed E-state index contributed by atoms with van der Waals surface area (Å²) in [4.78, 5) is 30.1. The number of hydrogen-bond acceptors (Lipinski definition) is 5. The average Bonchev–Trinajstić information content (AvgIpc) is 2.63. The van der Waals surface area contributed by atoms with Gasteiger partial charge < -0.3 is 4.74 Å². The van der Waals surface area contributed by atoms with E-state index in [9.17, 15) is 9.59 Å². The first-order chi connectivity index (χ1) is 12.2. The summed E-state index contributed by atoms with van der Waals surface area (Å²) in [7, 11) is 0. The van der Waals surface area contributed by atoms with Crippen LogP contribution in [0.2, 0.25) is 0 Å². The van der Waals surface area contributed by atoms with Crippen LogP contribution in [0.15, 0.2) is 64.4 Å². The van der Waals surface area contributed by atoms with Gasteiger partial charge in [0.2, 0.25) is 5.78 Å². The van der Waals surface area contributed by atoms with Crippen molar-refractivity contribution in [1.82, 2.24) is 4.98 Å². The van der Waals surface area contributed by atoms with Crippen molar-refractivity contribution in [3.8, 4) is 0 Å². The summed E-state index contributed by atoms with van der Waals surface area (Å²) in [5.74, 6) is -0.261. The Balaban J connectivity index is 1.76. The van der Waals surface area contributed by atoms with Crippen molar-refractivity contribution < 1.29 is 14.3 Å². The largest absolute Gasteiger partial charge is 0.489 e. The van der Waals surface area contributed by atoms with E-state index in [0.29, 0.717) is 17.7 Å². The lowest BCUT2D eigenvalue weighted by Gasteiger charge is -2.16. The maximum Gasteiger partial charge on any atom is 0.228 e. The van der Waals surface area contributed by atoms with E-state index < -0.39 is 0 Å². The molecule has 0 amide bonds. The molecule has 1 aromatic heterocycles. The van der Waals surface area contributed by atoms with E-state index in [-0.39, 0.29) is 17.3 Å². The maximum absolute atomic E-state index is 12.5. The Bertz CT molecular complexity index is 815. The van der Waals surface area contributed by atoms with Gasteiger partial charge >= 0.3 is 0 Å². The van der Waals surface area contributed by atoms with Crippen LogP contribution in [0.3, 0.4) is 0 Å². The van der Waals surface area contributed by atoms with E-state index >= 15 is 0 Å². The fourth-order valence-electron chi connectivity index (χ4n) is 2.55. The smallest absolute Gasteiger partial charge is 0.228 e. The maximum atomic E-state index is 12.5. The Morgan fingerprint density at radius 1 is 1.08 bits per heavy atom. The molecule has 1 heterocycles. The topological polar surface area (TPSA) is 56.3 Å². The number of ketones is 2. The molecule has 0 aliphatic heterocycles. The number of aromatic nitrogens is 1. The van der Waals surface area contributed by atoms with Crippen LogP contribution in [0.25, 0.3) is 0 Å². The number of fused-ring (bicyclic) bond motifs is 1. The predicted octanol–water partition coefficient (Wildman–Crippen LogP) is 4.70. The van der Waals surface area contributed by atoms with Gasteiger partial charge in [0, 0.05) is 28.3 Å². The number of allylic oxidation sites excluding steroid dienone is 2. The van der Waals surface area contributed by atoms with Gasteiger partial charge in [-0.2, -0.15) is 0 Å². The lowest BCUT2D eigenvalue weighted by Crippen LogP contribution is -2.19. The van der Waals surface area contributed by atoms with Crippen molar-refractivity contribution in [2.24, 2.45) is 0 Å². The Hall–Kier alpha value is -2.40. The van der Waals surface area contributed by atoms with Crippen LogP contribution in [0, 0.1) is 0 Å². The van der Waals surface area contributed by atoms with Gasteiger partial charge in [-0.3, -0.25) is 9.59 Å². The summed E-state index contributed by atoms with van der Waals surface area (Å²) in [5, 5.41) is 0.840. The first-order valence-electron chi connectivity index (χ1n) is 8.35. The molecule has 3 rings (SSSR count). The minimum absolute atomic E-state index is 0.152. The lowest BCUT2D eigenvalue weighted by atomic mass is 9.94. The highest BCUT2D eigenvalue weighted by Crippen LogP contribution is 2.30. The standard InChI is InChI=1S/C20H19NO3S/c1-2-3-6-11-24-18-13-17(22)16-12-14(8-9-15(16)20(18)23)25-19-7-4-5-10-21-19/h4-5,7-10,12-13H,2-3,6,11H2,1H3. The summed E-state index contributed by atoms with van der Waals surface area (Å²) < 4.78 is 5.53. The van der Waals surface area contributed by atoms with Crippen molar-refractivity contribution in [2.45, 2.75) is 36.1 Å². The van der Waals surface area contributed by atoms with Crippen LogP contribution in [-0.2, 0) is 4.74 Å². The summed E-state index contributed by atoms with van der Waals surface area (Å²) in [6.07, 6.45) is 6.03. The third-order valence-corrected chi connectivity index (χ3v) is 4.79. The second kappa shape index (κ2) is 8.12.